The first-order valence-corrected chi connectivity index (χ1v) is 12.0. The highest BCUT2D eigenvalue weighted by Crippen LogP contribution is 2.08. The van der Waals surface area contributed by atoms with Gasteiger partial charge >= 0.3 is 0 Å². The third-order valence-electron chi connectivity index (χ3n) is 2.27. The summed E-state index contributed by atoms with van der Waals surface area (Å²) in [7, 11) is -1.36. The largest absolute Gasteiger partial charge is 0.154 e. The van der Waals surface area contributed by atoms with Crippen LogP contribution in [-0.2, 0) is 0 Å². The Hall–Kier alpha value is 0.134. The Bertz CT molecular complexity index is 210. The van der Waals surface area contributed by atoms with Crippen molar-refractivity contribution in [2.24, 2.45) is 0 Å². The Balaban J connectivity index is 2.78. The molecule has 3 heteroatoms. The molecule has 0 aromatic carbocycles. The van der Waals surface area contributed by atoms with E-state index in [1.807, 2.05) is 11.3 Å². The summed E-state index contributed by atoms with van der Waals surface area (Å²) in [6.45, 7) is 9.97. The van der Waals surface area contributed by atoms with Gasteiger partial charge in [0.05, 0.1) is 8.31 Å². The summed E-state index contributed by atoms with van der Waals surface area (Å²) in [5.41, 5.74) is 0. The molecular weight excluding hydrogens is 184 g/mol. The predicted molar refractivity (Wildman–Crippen MR) is 60.3 cm³/mol. The van der Waals surface area contributed by atoms with Crippen molar-refractivity contribution in [2.45, 2.75) is 26.2 Å². The Morgan fingerprint density at radius 3 is 2.36 bits per heavy atom. The molecule has 0 aliphatic carbocycles. The van der Waals surface area contributed by atoms with Crippen molar-refractivity contribution < 1.29 is 0 Å². The van der Waals surface area contributed by atoms with Crippen LogP contribution in [0.3, 0.4) is 0 Å². The maximum Gasteiger partial charge on any atom is 0.0740 e. The minimum atomic E-state index is -0.816. The number of thiophene rings is 1. The molecule has 11 heavy (non-hydrogen) atoms. The van der Waals surface area contributed by atoms with Crippen molar-refractivity contribution in [1.82, 2.24) is 0 Å². The van der Waals surface area contributed by atoms with Gasteiger partial charge in [0.2, 0.25) is 0 Å². The quantitative estimate of drug-likeness (QED) is 0.642. The maximum atomic E-state index is 2.50. The van der Waals surface area contributed by atoms with Gasteiger partial charge in [0.1, 0.15) is 0 Å². The molecule has 1 aromatic rings. The second kappa shape index (κ2) is 3.25. The third kappa shape index (κ3) is 2.28. The zero-order chi connectivity index (χ0) is 8.48. The van der Waals surface area contributed by atoms with E-state index in [0.29, 0.717) is 0 Å². The van der Waals surface area contributed by atoms with Crippen LogP contribution in [0.2, 0.25) is 26.2 Å². The SMILES string of the molecule is C[SiH](c1cccs1)[Si](C)(C)C. The monoisotopic (exact) mass is 200 g/mol. The van der Waals surface area contributed by atoms with E-state index in [1.54, 1.807) is 4.50 Å². The van der Waals surface area contributed by atoms with E-state index < -0.39 is 15.9 Å². The Morgan fingerprint density at radius 1 is 1.36 bits per heavy atom. The zero-order valence-electron chi connectivity index (χ0n) is 7.72. The van der Waals surface area contributed by atoms with Crippen LogP contribution in [0.15, 0.2) is 17.5 Å². The zero-order valence-corrected chi connectivity index (χ0v) is 10.7. The van der Waals surface area contributed by atoms with Crippen LogP contribution in [0.25, 0.3) is 0 Å². The summed E-state index contributed by atoms with van der Waals surface area (Å²) in [5.74, 6) is 0. The van der Waals surface area contributed by atoms with Crippen molar-refractivity contribution in [1.29, 1.82) is 0 Å². The summed E-state index contributed by atoms with van der Waals surface area (Å²) >= 11 is 1.95. The summed E-state index contributed by atoms with van der Waals surface area (Å²) in [6.07, 6.45) is 0. The highest BCUT2D eigenvalue weighted by Gasteiger charge is 2.25. The molecule has 0 nitrogen and oxygen atoms in total. The molecule has 62 valence electrons. The first-order valence-electron chi connectivity index (χ1n) is 4.05. The highest BCUT2D eigenvalue weighted by atomic mass is 32.1. The number of rotatable bonds is 2. The number of hydrogen-bond acceptors (Lipinski definition) is 1. The van der Waals surface area contributed by atoms with Gasteiger partial charge in [-0.3, -0.25) is 0 Å². The van der Waals surface area contributed by atoms with Crippen LogP contribution in [-0.4, -0.2) is 15.9 Å². The smallest absolute Gasteiger partial charge is 0.0740 e. The van der Waals surface area contributed by atoms with Gasteiger partial charge in [-0.1, -0.05) is 38.3 Å². The molecule has 1 unspecified atom stereocenters. The molecule has 1 rings (SSSR count). The van der Waals surface area contributed by atoms with E-state index >= 15 is 0 Å². The number of hydrogen-bond donors (Lipinski definition) is 0. The van der Waals surface area contributed by atoms with E-state index in [1.165, 1.54) is 0 Å². The normalized spacial score (nSPS) is 14.9. The summed E-state index contributed by atoms with van der Waals surface area (Å²) in [6, 6.07) is 4.50. The second-order valence-corrected chi connectivity index (χ2v) is 20.1. The lowest BCUT2D eigenvalue weighted by molar-refractivity contribution is 1.82. The van der Waals surface area contributed by atoms with Gasteiger partial charge < -0.3 is 0 Å². The molecule has 0 N–H and O–H groups in total. The molecule has 0 fully saturated rings. The Morgan fingerprint density at radius 2 is 2.00 bits per heavy atom. The fourth-order valence-corrected chi connectivity index (χ4v) is 10.4. The summed E-state index contributed by atoms with van der Waals surface area (Å²) in [5, 5.41) is 2.21. The lowest BCUT2D eigenvalue weighted by Crippen LogP contribution is -2.47. The fraction of sp³-hybridized carbons (Fsp3) is 0.500. The Labute approximate surface area is 75.7 Å². The average molecular weight is 200 g/mol. The van der Waals surface area contributed by atoms with Gasteiger partial charge in [-0.15, -0.1) is 0 Å². The van der Waals surface area contributed by atoms with Gasteiger partial charge in [-0.05, 0) is 9.88 Å². The van der Waals surface area contributed by atoms with E-state index in [2.05, 4.69) is 43.7 Å². The minimum Gasteiger partial charge on any atom is -0.154 e. The van der Waals surface area contributed by atoms with Crippen LogP contribution in [0, 0.1) is 0 Å². The van der Waals surface area contributed by atoms with Crippen LogP contribution in [0.1, 0.15) is 0 Å². The lowest BCUT2D eigenvalue weighted by Gasteiger charge is -2.22. The van der Waals surface area contributed by atoms with Crippen molar-refractivity contribution in [3.05, 3.63) is 17.5 Å². The van der Waals surface area contributed by atoms with Crippen molar-refractivity contribution in [3.63, 3.8) is 0 Å². The van der Waals surface area contributed by atoms with Gasteiger partial charge in [0.15, 0.2) is 0 Å². The van der Waals surface area contributed by atoms with E-state index in [4.69, 9.17) is 0 Å². The standard InChI is InChI=1S/C8H16SSi2/c1-10(11(2,3)4)8-6-5-7-9-8/h5-7,10H,1-4H3. The molecule has 0 amide bonds. The Kier molecular flexibility index (Phi) is 2.72. The highest BCUT2D eigenvalue weighted by molar-refractivity contribution is 7.43. The predicted octanol–water partition coefficient (Wildman–Crippen LogP) is 2.23. The summed E-state index contributed by atoms with van der Waals surface area (Å²) < 4.78 is 1.70. The molecule has 1 atom stereocenters. The van der Waals surface area contributed by atoms with E-state index in [9.17, 15) is 0 Å². The van der Waals surface area contributed by atoms with E-state index in [0.717, 1.165) is 0 Å². The molecule has 0 saturated heterocycles. The molecule has 0 bridgehead atoms. The molecule has 1 heterocycles. The van der Waals surface area contributed by atoms with Gasteiger partial charge in [-0.2, -0.15) is 11.3 Å². The van der Waals surface area contributed by atoms with Crippen LogP contribution >= 0.6 is 11.3 Å². The van der Waals surface area contributed by atoms with Gasteiger partial charge in [0.25, 0.3) is 0 Å². The molecule has 0 spiro atoms. The topological polar surface area (TPSA) is 0 Å². The van der Waals surface area contributed by atoms with Crippen molar-refractivity contribution >= 4 is 31.7 Å². The van der Waals surface area contributed by atoms with Crippen LogP contribution < -0.4 is 4.50 Å². The van der Waals surface area contributed by atoms with E-state index in [-0.39, 0.29) is 0 Å². The molecular formula is C8H16SSi2. The van der Waals surface area contributed by atoms with Gasteiger partial charge in [-0.25, -0.2) is 0 Å². The molecule has 1 aromatic heterocycles. The minimum absolute atomic E-state index is 0.542. The maximum absolute atomic E-state index is 2.50. The van der Waals surface area contributed by atoms with Crippen LogP contribution in [0.4, 0.5) is 0 Å². The summed E-state index contributed by atoms with van der Waals surface area (Å²) in [4.78, 5) is 0. The molecule has 0 aliphatic rings. The molecule has 0 aliphatic heterocycles. The average Bonchev–Trinajstić information content (AvgIpc) is 2.34. The first-order chi connectivity index (χ1) is 5.02. The fourth-order valence-electron chi connectivity index (χ4n) is 0.964. The lowest BCUT2D eigenvalue weighted by atomic mass is 10.7. The van der Waals surface area contributed by atoms with Crippen molar-refractivity contribution in [2.75, 3.05) is 0 Å². The van der Waals surface area contributed by atoms with Crippen molar-refractivity contribution in [3.8, 4) is 0 Å². The first kappa shape index (κ1) is 9.22. The van der Waals surface area contributed by atoms with Crippen LogP contribution in [0.5, 0.6) is 0 Å². The third-order valence-corrected chi connectivity index (χ3v) is 17.4. The molecule has 0 radical (unpaired) electrons. The van der Waals surface area contributed by atoms with Gasteiger partial charge in [0, 0.05) is 7.59 Å². The second-order valence-electron chi connectivity index (χ2n) is 4.10. The molecule has 0 saturated carbocycles.